The van der Waals surface area contributed by atoms with Crippen molar-refractivity contribution in [3.05, 3.63) is 11.9 Å². The summed E-state index contributed by atoms with van der Waals surface area (Å²) in [6.07, 6.45) is 2.38. The number of ketones is 1. The van der Waals surface area contributed by atoms with Crippen molar-refractivity contribution in [1.82, 2.24) is 8.75 Å². The number of rotatable bonds is 5. The van der Waals surface area contributed by atoms with Crippen molar-refractivity contribution < 1.29 is 9.53 Å². The van der Waals surface area contributed by atoms with E-state index in [1.807, 2.05) is 6.92 Å². The second-order valence-corrected chi connectivity index (χ2v) is 2.83. The highest BCUT2D eigenvalue weighted by atomic mass is 32.1. The molecule has 66 valence electrons. The SMILES string of the molecule is CCCOCC(=O)c1cnsn1. The van der Waals surface area contributed by atoms with E-state index in [1.54, 1.807) is 0 Å². The van der Waals surface area contributed by atoms with E-state index in [0.717, 1.165) is 18.1 Å². The minimum Gasteiger partial charge on any atom is -0.373 e. The van der Waals surface area contributed by atoms with Crippen molar-refractivity contribution in [1.29, 1.82) is 0 Å². The van der Waals surface area contributed by atoms with Crippen molar-refractivity contribution in [2.75, 3.05) is 13.2 Å². The van der Waals surface area contributed by atoms with Crippen LogP contribution in [-0.4, -0.2) is 27.7 Å². The average molecular weight is 186 g/mol. The predicted octanol–water partition coefficient (Wildman–Crippen LogP) is 1.15. The summed E-state index contributed by atoms with van der Waals surface area (Å²) in [5, 5.41) is 0. The standard InChI is InChI=1S/C7H10N2O2S/c1-2-3-11-5-7(10)6-4-8-12-9-6/h4H,2-3,5H2,1H3. The van der Waals surface area contributed by atoms with Gasteiger partial charge < -0.3 is 4.74 Å². The van der Waals surface area contributed by atoms with Crippen molar-refractivity contribution >= 4 is 17.5 Å². The fourth-order valence-electron chi connectivity index (χ4n) is 0.671. The van der Waals surface area contributed by atoms with Gasteiger partial charge in [-0.3, -0.25) is 4.79 Å². The third kappa shape index (κ3) is 2.67. The van der Waals surface area contributed by atoms with Crippen LogP contribution < -0.4 is 0 Å². The molecule has 0 spiro atoms. The Morgan fingerprint density at radius 2 is 2.58 bits per heavy atom. The quantitative estimate of drug-likeness (QED) is 0.511. The zero-order valence-corrected chi connectivity index (χ0v) is 7.63. The highest BCUT2D eigenvalue weighted by Crippen LogP contribution is 1.97. The molecule has 0 amide bonds. The first-order valence-electron chi connectivity index (χ1n) is 3.73. The molecule has 1 rings (SSSR count). The number of hydrogen-bond acceptors (Lipinski definition) is 5. The van der Waals surface area contributed by atoms with Gasteiger partial charge in [0.15, 0.2) is 0 Å². The van der Waals surface area contributed by atoms with Crippen LogP contribution >= 0.6 is 11.7 Å². The molecule has 0 saturated heterocycles. The molecule has 5 heteroatoms. The number of aromatic nitrogens is 2. The topological polar surface area (TPSA) is 52.1 Å². The van der Waals surface area contributed by atoms with E-state index >= 15 is 0 Å². The summed E-state index contributed by atoms with van der Waals surface area (Å²) < 4.78 is 12.6. The summed E-state index contributed by atoms with van der Waals surface area (Å²) in [6, 6.07) is 0. The zero-order chi connectivity index (χ0) is 8.81. The molecular weight excluding hydrogens is 176 g/mol. The Hall–Kier alpha value is -0.810. The van der Waals surface area contributed by atoms with Crippen LogP contribution in [0.1, 0.15) is 23.8 Å². The molecule has 0 aliphatic carbocycles. The maximum Gasteiger partial charge on any atom is 0.209 e. The summed E-state index contributed by atoms with van der Waals surface area (Å²) >= 11 is 1.03. The average Bonchev–Trinajstić information content (AvgIpc) is 2.56. The lowest BCUT2D eigenvalue weighted by atomic mass is 10.3. The van der Waals surface area contributed by atoms with E-state index in [-0.39, 0.29) is 12.4 Å². The van der Waals surface area contributed by atoms with Gasteiger partial charge in [0.25, 0.3) is 0 Å². The number of carbonyl (C=O) groups is 1. The number of hydrogen-bond donors (Lipinski definition) is 0. The van der Waals surface area contributed by atoms with E-state index in [0.29, 0.717) is 12.3 Å². The van der Waals surface area contributed by atoms with Crippen molar-refractivity contribution in [3.8, 4) is 0 Å². The molecule has 1 aromatic rings. The smallest absolute Gasteiger partial charge is 0.209 e. The maximum absolute atomic E-state index is 11.2. The fraction of sp³-hybridized carbons (Fsp3) is 0.571. The largest absolute Gasteiger partial charge is 0.373 e. The van der Waals surface area contributed by atoms with Gasteiger partial charge in [-0.1, -0.05) is 6.92 Å². The Balaban J connectivity index is 2.30. The van der Waals surface area contributed by atoms with Crippen LogP contribution in [0.25, 0.3) is 0 Å². The maximum atomic E-state index is 11.2. The van der Waals surface area contributed by atoms with Crippen LogP contribution in [0.2, 0.25) is 0 Å². The Bertz CT molecular complexity index is 236. The number of nitrogens with zero attached hydrogens (tertiary/aromatic N) is 2. The third-order valence-corrected chi connectivity index (χ3v) is 1.71. The van der Waals surface area contributed by atoms with Gasteiger partial charge in [-0.05, 0) is 6.42 Å². The molecule has 4 nitrogen and oxygen atoms in total. The molecule has 12 heavy (non-hydrogen) atoms. The van der Waals surface area contributed by atoms with Crippen molar-refractivity contribution in [3.63, 3.8) is 0 Å². The normalized spacial score (nSPS) is 10.1. The van der Waals surface area contributed by atoms with E-state index in [9.17, 15) is 4.79 Å². The molecule has 1 aromatic heterocycles. The predicted molar refractivity (Wildman–Crippen MR) is 45.3 cm³/mol. The van der Waals surface area contributed by atoms with E-state index in [4.69, 9.17) is 4.74 Å². The summed E-state index contributed by atoms with van der Waals surface area (Å²) in [5.74, 6) is -0.0998. The Labute approximate surface area is 74.9 Å². The summed E-state index contributed by atoms with van der Waals surface area (Å²) in [6.45, 7) is 2.72. The van der Waals surface area contributed by atoms with Crippen LogP contribution in [-0.2, 0) is 4.74 Å². The summed E-state index contributed by atoms with van der Waals surface area (Å²) in [7, 11) is 0. The first kappa shape index (κ1) is 9.28. The van der Waals surface area contributed by atoms with Crippen LogP contribution in [0.3, 0.4) is 0 Å². The minimum atomic E-state index is -0.0998. The van der Waals surface area contributed by atoms with Gasteiger partial charge in [0.2, 0.25) is 5.78 Å². The lowest BCUT2D eigenvalue weighted by molar-refractivity contribution is 0.0757. The lowest BCUT2D eigenvalue weighted by Crippen LogP contribution is -2.09. The van der Waals surface area contributed by atoms with Gasteiger partial charge in [0.1, 0.15) is 12.3 Å². The molecular formula is C7H10N2O2S. The van der Waals surface area contributed by atoms with Gasteiger partial charge in [-0.15, -0.1) is 0 Å². The Morgan fingerprint density at radius 1 is 1.75 bits per heavy atom. The van der Waals surface area contributed by atoms with Crippen molar-refractivity contribution in [2.45, 2.75) is 13.3 Å². The molecule has 1 heterocycles. The molecule has 0 radical (unpaired) electrons. The summed E-state index contributed by atoms with van der Waals surface area (Å²) in [4.78, 5) is 11.2. The first-order valence-corrected chi connectivity index (χ1v) is 4.46. The first-order chi connectivity index (χ1) is 5.84. The monoisotopic (exact) mass is 186 g/mol. The third-order valence-electron chi connectivity index (χ3n) is 1.23. The molecule has 0 aromatic carbocycles. The Kier molecular flexibility index (Phi) is 3.83. The molecule has 0 aliphatic heterocycles. The van der Waals surface area contributed by atoms with Crippen LogP contribution in [0.5, 0.6) is 0 Å². The highest BCUT2D eigenvalue weighted by molar-refractivity contribution is 6.99. The Morgan fingerprint density at radius 3 is 3.17 bits per heavy atom. The van der Waals surface area contributed by atoms with E-state index in [1.165, 1.54) is 6.20 Å². The van der Waals surface area contributed by atoms with Gasteiger partial charge in [-0.2, -0.15) is 8.75 Å². The number of carbonyl (C=O) groups excluding carboxylic acids is 1. The lowest BCUT2D eigenvalue weighted by Gasteiger charge is -1.97. The fourth-order valence-corrected chi connectivity index (χ4v) is 1.10. The molecule has 0 unspecified atom stereocenters. The van der Waals surface area contributed by atoms with Gasteiger partial charge in [0, 0.05) is 6.61 Å². The van der Waals surface area contributed by atoms with E-state index < -0.39 is 0 Å². The second kappa shape index (κ2) is 4.95. The second-order valence-electron chi connectivity index (χ2n) is 2.27. The van der Waals surface area contributed by atoms with E-state index in [2.05, 4.69) is 8.75 Å². The molecule has 0 atom stereocenters. The number of Topliss-reactive ketones (excluding diaryl/α,β-unsaturated/α-hetero) is 1. The van der Waals surface area contributed by atoms with Gasteiger partial charge >= 0.3 is 0 Å². The van der Waals surface area contributed by atoms with Crippen LogP contribution in [0.4, 0.5) is 0 Å². The molecule has 0 bridgehead atoms. The molecule has 0 saturated carbocycles. The molecule has 0 N–H and O–H groups in total. The molecule has 0 aliphatic rings. The highest BCUT2D eigenvalue weighted by Gasteiger charge is 2.07. The van der Waals surface area contributed by atoms with Crippen LogP contribution in [0.15, 0.2) is 6.20 Å². The number of ether oxygens (including phenoxy) is 1. The van der Waals surface area contributed by atoms with Crippen LogP contribution in [0, 0.1) is 0 Å². The van der Waals surface area contributed by atoms with Gasteiger partial charge in [-0.25, -0.2) is 0 Å². The van der Waals surface area contributed by atoms with Gasteiger partial charge in [0.05, 0.1) is 17.9 Å². The molecule has 0 fully saturated rings. The minimum absolute atomic E-state index is 0.0998. The van der Waals surface area contributed by atoms with Crippen molar-refractivity contribution in [2.24, 2.45) is 0 Å². The zero-order valence-electron chi connectivity index (χ0n) is 6.82. The summed E-state index contributed by atoms with van der Waals surface area (Å²) in [5.41, 5.74) is 0.399.